The second kappa shape index (κ2) is 5.39. The van der Waals surface area contributed by atoms with E-state index >= 15 is 0 Å². The molecule has 0 saturated carbocycles. The Morgan fingerprint density at radius 3 is 3.05 bits per heavy atom. The lowest BCUT2D eigenvalue weighted by molar-refractivity contribution is 0.0934. The second-order valence-electron chi connectivity index (χ2n) is 6.03. The number of nitrogens with zero attached hydrogens (tertiary/aromatic N) is 1. The van der Waals surface area contributed by atoms with Crippen LogP contribution in [0.3, 0.4) is 0 Å². The number of carbonyl (C=O) groups is 1. The largest absolute Gasteiger partial charge is 0.351 e. The van der Waals surface area contributed by atoms with Gasteiger partial charge in [-0.05, 0) is 42.9 Å². The molecule has 1 aliphatic heterocycles. The molecule has 3 heterocycles. The fraction of sp³-hybridized carbons (Fsp3) is 0.412. The third-order valence-electron chi connectivity index (χ3n) is 4.71. The van der Waals surface area contributed by atoms with E-state index in [4.69, 9.17) is 0 Å². The van der Waals surface area contributed by atoms with E-state index in [0.29, 0.717) is 0 Å². The monoisotopic (exact) mass is 313 g/mol. The predicted octanol–water partition coefficient (Wildman–Crippen LogP) is 3.51. The molecule has 2 N–H and O–H groups in total. The van der Waals surface area contributed by atoms with E-state index in [9.17, 15) is 4.79 Å². The number of nitrogens with one attached hydrogen (secondary N) is 2. The van der Waals surface area contributed by atoms with Crippen LogP contribution in [0.5, 0.6) is 0 Å². The van der Waals surface area contributed by atoms with Gasteiger partial charge in [-0.1, -0.05) is 19.4 Å². The zero-order valence-corrected chi connectivity index (χ0v) is 13.4. The van der Waals surface area contributed by atoms with Crippen LogP contribution in [-0.4, -0.2) is 10.9 Å². The van der Waals surface area contributed by atoms with Gasteiger partial charge in [0.25, 0.3) is 5.91 Å². The average molecular weight is 313 g/mol. The Balaban J connectivity index is 1.68. The van der Waals surface area contributed by atoms with Crippen molar-refractivity contribution >= 4 is 22.2 Å². The molecule has 5 heteroatoms. The van der Waals surface area contributed by atoms with Crippen molar-refractivity contribution in [3.63, 3.8) is 0 Å². The van der Waals surface area contributed by atoms with Gasteiger partial charge in [-0.2, -0.15) is 0 Å². The zero-order chi connectivity index (χ0) is 15.1. The Morgan fingerprint density at radius 2 is 2.27 bits per heavy atom. The number of amides is 1. The Kier molecular flexibility index (Phi) is 3.37. The number of rotatable bonds is 2. The fourth-order valence-corrected chi connectivity index (χ4v) is 4.80. The van der Waals surface area contributed by atoms with Gasteiger partial charge in [-0.15, -0.1) is 11.3 Å². The second-order valence-corrected chi connectivity index (χ2v) is 7.14. The standard InChI is InChI=1S/C17H19N3OS/c1-2-10-6-7-11-13(9-10)22-17-14(11)16(21)19-15(20-17)12-5-3-4-8-18-12/h3-5,8,10,15,20H,2,6-7,9H2,1H3,(H,19,21)/t10-,15+/m1/s1. The first-order chi connectivity index (χ1) is 10.8. The molecule has 2 aromatic heterocycles. The number of hydrogen-bond donors (Lipinski definition) is 2. The van der Waals surface area contributed by atoms with E-state index in [2.05, 4.69) is 22.5 Å². The minimum absolute atomic E-state index is 0.0388. The van der Waals surface area contributed by atoms with E-state index in [-0.39, 0.29) is 12.1 Å². The highest BCUT2D eigenvalue weighted by Gasteiger charge is 2.33. The van der Waals surface area contributed by atoms with Gasteiger partial charge in [-0.25, -0.2) is 0 Å². The highest BCUT2D eigenvalue weighted by Crippen LogP contribution is 2.42. The summed E-state index contributed by atoms with van der Waals surface area (Å²) in [6.45, 7) is 2.26. The molecule has 0 unspecified atom stereocenters. The molecule has 0 fully saturated rings. The smallest absolute Gasteiger partial charge is 0.256 e. The van der Waals surface area contributed by atoms with Crippen molar-refractivity contribution in [3.05, 3.63) is 46.1 Å². The van der Waals surface area contributed by atoms with Crippen LogP contribution in [0, 0.1) is 5.92 Å². The molecule has 0 aromatic carbocycles. The van der Waals surface area contributed by atoms with Crippen LogP contribution in [0.2, 0.25) is 0 Å². The first-order valence-electron chi connectivity index (χ1n) is 7.89. The number of anilines is 1. The van der Waals surface area contributed by atoms with Crippen LogP contribution < -0.4 is 10.6 Å². The number of thiophene rings is 1. The maximum Gasteiger partial charge on any atom is 0.256 e. The molecule has 2 aliphatic rings. The van der Waals surface area contributed by atoms with Gasteiger partial charge in [-0.3, -0.25) is 9.78 Å². The Hall–Kier alpha value is -1.88. The van der Waals surface area contributed by atoms with Crippen LogP contribution in [0.1, 0.15) is 52.4 Å². The van der Waals surface area contributed by atoms with Crippen LogP contribution in [0.15, 0.2) is 24.4 Å². The molecule has 1 aliphatic carbocycles. The lowest BCUT2D eigenvalue weighted by Gasteiger charge is -2.26. The first-order valence-corrected chi connectivity index (χ1v) is 8.70. The van der Waals surface area contributed by atoms with Crippen molar-refractivity contribution in [2.45, 2.75) is 38.8 Å². The maximum absolute atomic E-state index is 12.6. The van der Waals surface area contributed by atoms with E-state index in [1.54, 1.807) is 17.5 Å². The summed E-state index contributed by atoms with van der Waals surface area (Å²) in [4.78, 5) is 18.3. The summed E-state index contributed by atoms with van der Waals surface area (Å²) < 4.78 is 0. The van der Waals surface area contributed by atoms with Crippen LogP contribution in [0.25, 0.3) is 0 Å². The number of aromatic nitrogens is 1. The number of hydrogen-bond acceptors (Lipinski definition) is 4. The quantitative estimate of drug-likeness (QED) is 0.892. The van der Waals surface area contributed by atoms with Crippen LogP contribution in [-0.2, 0) is 12.8 Å². The minimum Gasteiger partial charge on any atom is -0.351 e. The van der Waals surface area contributed by atoms with Crippen molar-refractivity contribution in [1.29, 1.82) is 0 Å². The average Bonchev–Trinajstić information content (AvgIpc) is 2.93. The minimum atomic E-state index is -0.233. The van der Waals surface area contributed by atoms with E-state index in [1.165, 1.54) is 23.3 Å². The molecule has 2 aromatic rings. The summed E-state index contributed by atoms with van der Waals surface area (Å²) in [6, 6.07) is 5.76. The van der Waals surface area contributed by atoms with Gasteiger partial charge in [0.15, 0.2) is 0 Å². The van der Waals surface area contributed by atoms with E-state index < -0.39 is 0 Å². The fourth-order valence-electron chi connectivity index (χ4n) is 3.41. The normalized spacial score (nSPS) is 23.2. The molecule has 4 rings (SSSR count). The molecule has 0 bridgehead atoms. The van der Waals surface area contributed by atoms with Gasteiger partial charge in [0.05, 0.1) is 11.3 Å². The van der Waals surface area contributed by atoms with Crippen LogP contribution >= 0.6 is 11.3 Å². The topological polar surface area (TPSA) is 54.0 Å². The van der Waals surface area contributed by atoms with Crippen molar-refractivity contribution in [1.82, 2.24) is 10.3 Å². The van der Waals surface area contributed by atoms with Crippen molar-refractivity contribution in [3.8, 4) is 0 Å². The van der Waals surface area contributed by atoms with Crippen molar-refractivity contribution < 1.29 is 4.79 Å². The number of pyridine rings is 1. The van der Waals surface area contributed by atoms with Crippen molar-refractivity contribution in [2.24, 2.45) is 5.92 Å². The van der Waals surface area contributed by atoms with Gasteiger partial charge >= 0.3 is 0 Å². The zero-order valence-electron chi connectivity index (χ0n) is 12.6. The highest BCUT2D eigenvalue weighted by molar-refractivity contribution is 7.16. The summed E-state index contributed by atoms with van der Waals surface area (Å²) in [6.07, 6.45) is 6.09. The van der Waals surface area contributed by atoms with Gasteiger partial charge in [0.1, 0.15) is 11.2 Å². The molecule has 4 nitrogen and oxygen atoms in total. The van der Waals surface area contributed by atoms with Crippen molar-refractivity contribution in [2.75, 3.05) is 5.32 Å². The molecule has 22 heavy (non-hydrogen) atoms. The summed E-state index contributed by atoms with van der Waals surface area (Å²) in [7, 11) is 0. The Bertz CT molecular complexity index is 710. The molecular weight excluding hydrogens is 294 g/mol. The van der Waals surface area contributed by atoms with Gasteiger partial charge in [0, 0.05) is 11.1 Å². The summed E-state index contributed by atoms with van der Waals surface area (Å²) >= 11 is 1.76. The summed E-state index contributed by atoms with van der Waals surface area (Å²) in [5, 5.41) is 7.52. The lowest BCUT2D eigenvalue weighted by Crippen LogP contribution is -2.38. The predicted molar refractivity (Wildman–Crippen MR) is 88.2 cm³/mol. The van der Waals surface area contributed by atoms with Gasteiger partial charge in [0.2, 0.25) is 0 Å². The lowest BCUT2D eigenvalue weighted by atomic mass is 9.85. The molecule has 1 amide bonds. The van der Waals surface area contributed by atoms with Crippen LogP contribution in [0.4, 0.5) is 5.00 Å². The highest BCUT2D eigenvalue weighted by atomic mass is 32.1. The number of fused-ring (bicyclic) bond motifs is 3. The van der Waals surface area contributed by atoms with Gasteiger partial charge < -0.3 is 10.6 Å². The molecule has 0 spiro atoms. The third kappa shape index (κ3) is 2.20. The Morgan fingerprint density at radius 1 is 1.36 bits per heavy atom. The summed E-state index contributed by atoms with van der Waals surface area (Å²) in [5.41, 5.74) is 3.00. The molecule has 0 saturated heterocycles. The molecule has 2 atom stereocenters. The maximum atomic E-state index is 12.6. The first kappa shape index (κ1) is 13.8. The van der Waals surface area contributed by atoms with E-state index in [1.807, 2.05) is 18.2 Å². The Labute approximate surface area is 134 Å². The van der Waals surface area contributed by atoms with E-state index in [0.717, 1.165) is 35.0 Å². The number of carbonyl (C=O) groups excluding carboxylic acids is 1. The summed E-state index contributed by atoms with van der Waals surface area (Å²) in [5.74, 6) is 0.805. The third-order valence-corrected chi connectivity index (χ3v) is 5.89. The SMILES string of the molecule is CC[C@@H]1CCc2c(sc3c2C(=O)N[C@H](c2ccccn2)N3)C1. The molecular formula is C17H19N3OS. The molecule has 114 valence electrons. The molecule has 0 radical (unpaired) electrons.